The van der Waals surface area contributed by atoms with Crippen LogP contribution in [0.3, 0.4) is 0 Å². The van der Waals surface area contributed by atoms with Crippen molar-refractivity contribution in [1.82, 2.24) is 24.7 Å². The average molecular weight is 710 g/mol. The maximum absolute atomic E-state index is 13.3. The van der Waals surface area contributed by atoms with Crippen molar-refractivity contribution < 1.29 is 31.9 Å². The standard InChI is InChI=1S/C35H32ClF4N7O3/c1-19(37)33(49)44-23-9-5-20(6-10-23)30-28(21-7-11-25(26(36)15-21)34(50)43-18-35(38,39)40)29-31(46(30)4)22(16-42-32(29)41)8-12-27(48)47-14-13-24(17-47)45(2)3/h5-7,9-11,15-16,24H,1,13-14,17-18H2,2-4H3,(H2,41,42)(H,43,50)(H,44,49)/t24-/m1/s1. The number of hydrogen-bond donors (Lipinski definition) is 3. The molecule has 2 aromatic heterocycles. The number of pyridine rings is 1. The molecule has 10 nitrogen and oxygen atoms in total. The van der Waals surface area contributed by atoms with Gasteiger partial charge in [0.25, 0.3) is 17.7 Å². The normalized spacial score (nSPS) is 14.4. The summed E-state index contributed by atoms with van der Waals surface area (Å²) in [7, 11) is 5.67. The predicted octanol–water partition coefficient (Wildman–Crippen LogP) is 5.37. The molecule has 5 rings (SSSR count). The minimum absolute atomic E-state index is 0.107. The second-order valence-electron chi connectivity index (χ2n) is 11.9. The Morgan fingerprint density at radius 3 is 2.42 bits per heavy atom. The van der Waals surface area contributed by atoms with Crippen LogP contribution in [0.25, 0.3) is 33.3 Å². The molecule has 4 aromatic rings. The van der Waals surface area contributed by atoms with E-state index in [2.05, 4.69) is 33.6 Å². The Balaban J connectivity index is 1.64. The summed E-state index contributed by atoms with van der Waals surface area (Å²) in [5, 5.41) is 4.53. The summed E-state index contributed by atoms with van der Waals surface area (Å²) in [6, 6.07) is 10.9. The number of rotatable bonds is 7. The van der Waals surface area contributed by atoms with Gasteiger partial charge >= 0.3 is 6.18 Å². The molecule has 3 amide bonds. The lowest BCUT2D eigenvalue weighted by atomic mass is 9.96. The molecule has 1 aliphatic heterocycles. The molecule has 3 heterocycles. The van der Waals surface area contributed by atoms with Gasteiger partial charge < -0.3 is 30.7 Å². The molecule has 0 radical (unpaired) electrons. The number of fused-ring (bicyclic) bond motifs is 1. The van der Waals surface area contributed by atoms with Crippen LogP contribution in [0.2, 0.25) is 5.02 Å². The highest BCUT2D eigenvalue weighted by Gasteiger charge is 2.29. The number of nitrogens with zero attached hydrogens (tertiary/aromatic N) is 4. The lowest BCUT2D eigenvalue weighted by molar-refractivity contribution is -0.124. The fourth-order valence-corrected chi connectivity index (χ4v) is 6.07. The Bertz CT molecular complexity index is 2080. The number of alkyl halides is 3. The van der Waals surface area contributed by atoms with Crippen LogP contribution < -0.4 is 16.4 Å². The molecule has 0 saturated carbocycles. The number of carbonyl (C=O) groups excluding carboxylic acids is 3. The number of carbonyl (C=O) groups is 3. The molecule has 1 atom stereocenters. The van der Waals surface area contributed by atoms with Crippen molar-refractivity contribution in [1.29, 1.82) is 0 Å². The Morgan fingerprint density at radius 1 is 1.14 bits per heavy atom. The monoisotopic (exact) mass is 709 g/mol. The van der Waals surface area contributed by atoms with Crippen molar-refractivity contribution in [3.63, 3.8) is 0 Å². The summed E-state index contributed by atoms with van der Waals surface area (Å²) in [5.41, 5.74) is 9.59. The minimum Gasteiger partial charge on any atom is -0.383 e. The molecule has 1 fully saturated rings. The van der Waals surface area contributed by atoms with Crippen molar-refractivity contribution in [3.05, 3.63) is 77.2 Å². The maximum atomic E-state index is 13.3. The van der Waals surface area contributed by atoms with Crippen LogP contribution in [0.15, 0.2) is 61.1 Å². The number of nitrogens with two attached hydrogens (primary N) is 1. The molecule has 4 N–H and O–H groups in total. The maximum Gasteiger partial charge on any atom is 0.405 e. The molecule has 260 valence electrons. The van der Waals surface area contributed by atoms with E-state index < -0.39 is 30.4 Å². The molecule has 15 heteroatoms. The van der Waals surface area contributed by atoms with Crippen molar-refractivity contribution in [3.8, 4) is 34.2 Å². The van der Waals surface area contributed by atoms with Crippen LogP contribution in [-0.4, -0.2) is 83.0 Å². The Labute approximate surface area is 289 Å². The number of halogens is 5. The first-order chi connectivity index (χ1) is 23.6. The van der Waals surface area contributed by atoms with E-state index in [1.54, 1.807) is 40.8 Å². The lowest BCUT2D eigenvalue weighted by Gasteiger charge is -2.18. The van der Waals surface area contributed by atoms with Gasteiger partial charge in [0.1, 0.15) is 12.4 Å². The quantitative estimate of drug-likeness (QED) is 0.135. The van der Waals surface area contributed by atoms with E-state index in [-0.39, 0.29) is 28.4 Å². The van der Waals surface area contributed by atoms with Gasteiger partial charge in [-0.05, 0) is 55.9 Å². The fourth-order valence-electron chi connectivity index (χ4n) is 5.81. The van der Waals surface area contributed by atoms with Crippen molar-refractivity contribution in [2.75, 3.05) is 44.8 Å². The van der Waals surface area contributed by atoms with Gasteiger partial charge in [-0.3, -0.25) is 14.4 Å². The second-order valence-corrected chi connectivity index (χ2v) is 12.3. The van der Waals surface area contributed by atoms with Gasteiger partial charge in [-0.2, -0.15) is 13.2 Å². The number of aromatic nitrogens is 2. The second kappa shape index (κ2) is 14.2. The van der Waals surface area contributed by atoms with E-state index in [4.69, 9.17) is 17.3 Å². The third kappa shape index (κ3) is 7.59. The van der Waals surface area contributed by atoms with E-state index in [1.165, 1.54) is 24.4 Å². The largest absolute Gasteiger partial charge is 0.405 e. The lowest BCUT2D eigenvalue weighted by Crippen LogP contribution is -2.33. The van der Waals surface area contributed by atoms with Gasteiger partial charge in [-0.25, -0.2) is 9.37 Å². The molecule has 0 spiro atoms. The van der Waals surface area contributed by atoms with Gasteiger partial charge in [0.05, 0.1) is 32.7 Å². The first-order valence-corrected chi connectivity index (χ1v) is 15.6. The first-order valence-electron chi connectivity index (χ1n) is 15.2. The summed E-state index contributed by atoms with van der Waals surface area (Å²) in [5.74, 6) is 2.30. The van der Waals surface area contributed by atoms with E-state index in [0.29, 0.717) is 57.6 Å². The average Bonchev–Trinajstić information content (AvgIpc) is 3.68. The van der Waals surface area contributed by atoms with Crippen LogP contribution in [0.5, 0.6) is 0 Å². The molecule has 2 aromatic carbocycles. The van der Waals surface area contributed by atoms with Gasteiger partial charge in [0.15, 0.2) is 5.83 Å². The number of nitrogen functional groups attached to an aromatic ring is 1. The third-order valence-electron chi connectivity index (χ3n) is 8.34. The SMILES string of the molecule is C=C(F)C(=O)Nc1ccc(-c2c(-c3ccc(C(=O)NCC(F)(F)F)c(Cl)c3)c3c(N)ncc(C#CC(=O)N4CC[C@@H](N(C)C)C4)c3n2C)cc1. The molecular formula is C35H32ClF4N7O3. The van der Waals surface area contributed by atoms with Gasteiger partial charge in [-0.15, -0.1) is 0 Å². The number of anilines is 2. The summed E-state index contributed by atoms with van der Waals surface area (Å²) >= 11 is 6.48. The zero-order valence-corrected chi connectivity index (χ0v) is 28.0. The van der Waals surface area contributed by atoms with Gasteiger partial charge in [-0.1, -0.05) is 42.3 Å². The van der Waals surface area contributed by atoms with Crippen LogP contribution in [0, 0.1) is 11.8 Å². The predicted molar refractivity (Wildman–Crippen MR) is 184 cm³/mol. The first kappa shape index (κ1) is 35.9. The molecule has 50 heavy (non-hydrogen) atoms. The summed E-state index contributed by atoms with van der Waals surface area (Å²) in [4.78, 5) is 45.6. The number of likely N-dealkylation sites (N-methyl/N-ethyl adjacent to an activating group) is 1. The highest BCUT2D eigenvalue weighted by Crippen LogP contribution is 2.44. The summed E-state index contributed by atoms with van der Waals surface area (Å²) < 4.78 is 53.4. The number of likely N-dealkylation sites (tertiary alicyclic amines) is 1. The zero-order valence-electron chi connectivity index (χ0n) is 27.2. The van der Waals surface area contributed by atoms with Crippen LogP contribution >= 0.6 is 11.6 Å². The Kier molecular flexibility index (Phi) is 10.2. The fraction of sp³-hybridized carbons (Fsp3) is 0.257. The molecule has 0 bridgehead atoms. The van der Waals surface area contributed by atoms with Crippen molar-refractivity contribution in [2.45, 2.75) is 18.6 Å². The zero-order chi connectivity index (χ0) is 36.5. The van der Waals surface area contributed by atoms with Crippen LogP contribution in [0.4, 0.5) is 29.1 Å². The number of benzene rings is 2. The smallest absolute Gasteiger partial charge is 0.383 e. The van der Waals surface area contributed by atoms with Crippen molar-refractivity contribution in [2.24, 2.45) is 7.05 Å². The summed E-state index contributed by atoms with van der Waals surface area (Å²) in [6.45, 7) is 2.59. The third-order valence-corrected chi connectivity index (χ3v) is 8.65. The van der Waals surface area contributed by atoms with E-state index in [9.17, 15) is 31.9 Å². The Morgan fingerprint density at radius 2 is 1.82 bits per heavy atom. The van der Waals surface area contributed by atoms with Gasteiger partial charge in [0, 0.05) is 49.5 Å². The highest BCUT2D eigenvalue weighted by atomic mass is 35.5. The number of aryl methyl sites for hydroxylation is 1. The van der Waals surface area contributed by atoms with Crippen LogP contribution in [-0.2, 0) is 16.6 Å². The summed E-state index contributed by atoms with van der Waals surface area (Å²) in [6.07, 6.45) is -2.33. The van der Waals surface area contributed by atoms with Gasteiger partial charge in [0.2, 0.25) is 0 Å². The molecular weight excluding hydrogens is 678 g/mol. The Hall–Kier alpha value is -5.39. The molecule has 1 aliphatic rings. The number of amides is 3. The van der Waals surface area contributed by atoms with E-state index in [0.717, 1.165) is 6.42 Å². The highest BCUT2D eigenvalue weighted by molar-refractivity contribution is 6.34. The molecule has 0 unspecified atom stereocenters. The van der Waals surface area contributed by atoms with Crippen molar-refractivity contribution >= 4 is 51.7 Å². The van der Waals surface area contributed by atoms with E-state index >= 15 is 0 Å². The molecule has 0 aliphatic carbocycles. The number of hydrogen-bond acceptors (Lipinski definition) is 6. The molecule has 1 saturated heterocycles. The number of nitrogens with one attached hydrogen (secondary N) is 2. The topological polar surface area (TPSA) is 126 Å². The minimum atomic E-state index is -4.61. The van der Waals surface area contributed by atoms with Crippen LogP contribution in [0.1, 0.15) is 22.3 Å². The van der Waals surface area contributed by atoms with E-state index in [1.807, 2.05) is 19.4 Å².